The van der Waals surface area contributed by atoms with Crippen molar-refractivity contribution in [3.63, 3.8) is 0 Å². The first-order valence-electron chi connectivity index (χ1n) is 8.38. The number of benzene rings is 2. The van der Waals surface area contributed by atoms with Crippen LogP contribution in [0.1, 0.15) is 20.9 Å². The standard InChI is InChI=1S/C20H14Cl2N2O5S/c1-28-15-6-5-10(19(26)27)9-13(15)23-20(30)24-18(25)16-8-7-14(29-16)11-3-2-4-12(21)17(11)22/h2-9H,1H3,(H,26,27)(H2,23,24,25,30). The molecule has 0 aliphatic carbocycles. The molecule has 0 atom stereocenters. The Morgan fingerprint density at radius 3 is 2.60 bits per heavy atom. The minimum Gasteiger partial charge on any atom is -0.495 e. The van der Waals surface area contributed by atoms with Gasteiger partial charge in [0.1, 0.15) is 11.5 Å². The zero-order valence-electron chi connectivity index (χ0n) is 15.4. The van der Waals surface area contributed by atoms with Gasteiger partial charge in [0.05, 0.1) is 28.4 Å². The maximum atomic E-state index is 12.5. The Balaban J connectivity index is 1.73. The van der Waals surface area contributed by atoms with E-state index in [0.717, 1.165) is 0 Å². The largest absolute Gasteiger partial charge is 0.495 e. The van der Waals surface area contributed by atoms with Crippen LogP contribution >= 0.6 is 35.4 Å². The molecule has 0 saturated carbocycles. The van der Waals surface area contributed by atoms with Gasteiger partial charge in [0, 0.05) is 5.56 Å². The number of carboxylic acid groups (broad SMARTS) is 1. The number of halogens is 2. The smallest absolute Gasteiger partial charge is 0.335 e. The predicted octanol–water partition coefficient (Wildman–Crippen LogP) is 5.09. The maximum Gasteiger partial charge on any atom is 0.335 e. The molecule has 0 spiro atoms. The van der Waals surface area contributed by atoms with Crippen molar-refractivity contribution in [3.8, 4) is 17.1 Å². The van der Waals surface area contributed by atoms with Gasteiger partial charge in [-0.1, -0.05) is 29.3 Å². The van der Waals surface area contributed by atoms with Gasteiger partial charge in [-0.15, -0.1) is 0 Å². The molecular weight excluding hydrogens is 451 g/mol. The molecule has 154 valence electrons. The van der Waals surface area contributed by atoms with Gasteiger partial charge in [0.25, 0.3) is 5.91 Å². The Morgan fingerprint density at radius 2 is 1.90 bits per heavy atom. The summed E-state index contributed by atoms with van der Waals surface area (Å²) < 4.78 is 10.7. The summed E-state index contributed by atoms with van der Waals surface area (Å²) in [6, 6.07) is 12.3. The van der Waals surface area contributed by atoms with E-state index in [0.29, 0.717) is 27.1 Å². The highest BCUT2D eigenvalue weighted by molar-refractivity contribution is 7.80. The summed E-state index contributed by atoms with van der Waals surface area (Å²) in [7, 11) is 1.42. The zero-order chi connectivity index (χ0) is 21.8. The first-order valence-corrected chi connectivity index (χ1v) is 9.54. The zero-order valence-corrected chi connectivity index (χ0v) is 17.7. The number of methoxy groups -OCH3 is 1. The highest BCUT2D eigenvalue weighted by Gasteiger charge is 2.17. The number of carboxylic acids is 1. The number of ether oxygens (including phenoxy) is 1. The van der Waals surface area contributed by atoms with Crippen molar-refractivity contribution in [1.82, 2.24) is 5.32 Å². The molecule has 3 N–H and O–H groups in total. The molecule has 0 aliphatic rings. The lowest BCUT2D eigenvalue weighted by atomic mass is 10.2. The third-order valence-electron chi connectivity index (χ3n) is 3.97. The van der Waals surface area contributed by atoms with Crippen LogP contribution in [0.15, 0.2) is 52.9 Å². The number of nitrogens with one attached hydrogen (secondary N) is 2. The van der Waals surface area contributed by atoms with Gasteiger partial charge in [-0.25, -0.2) is 4.79 Å². The molecule has 30 heavy (non-hydrogen) atoms. The first kappa shape index (κ1) is 21.6. The second kappa shape index (κ2) is 9.17. The van der Waals surface area contributed by atoms with Gasteiger partial charge in [-0.05, 0) is 54.7 Å². The average molecular weight is 465 g/mol. The molecule has 0 bridgehead atoms. The van der Waals surface area contributed by atoms with E-state index in [-0.39, 0.29) is 22.1 Å². The normalized spacial score (nSPS) is 10.4. The number of anilines is 1. The topological polar surface area (TPSA) is 101 Å². The van der Waals surface area contributed by atoms with Crippen LogP contribution in [0.3, 0.4) is 0 Å². The van der Waals surface area contributed by atoms with Crippen molar-refractivity contribution >= 4 is 58.1 Å². The summed E-state index contributed by atoms with van der Waals surface area (Å²) in [5.74, 6) is -1.00. The maximum absolute atomic E-state index is 12.5. The minimum atomic E-state index is -1.11. The number of carbonyl (C=O) groups excluding carboxylic acids is 1. The molecule has 3 aromatic rings. The van der Waals surface area contributed by atoms with Crippen LogP contribution in [0.5, 0.6) is 5.75 Å². The fourth-order valence-corrected chi connectivity index (χ4v) is 3.15. The molecule has 2 aromatic carbocycles. The van der Waals surface area contributed by atoms with Gasteiger partial charge < -0.3 is 19.6 Å². The van der Waals surface area contributed by atoms with Crippen molar-refractivity contribution in [2.75, 3.05) is 12.4 Å². The molecule has 0 fully saturated rings. The van der Waals surface area contributed by atoms with E-state index in [1.54, 1.807) is 24.3 Å². The van der Waals surface area contributed by atoms with E-state index in [1.165, 1.54) is 31.4 Å². The molecule has 1 aromatic heterocycles. The van der Waals surface area contributed by atoms with Crippen LogP contribution in [-0.4, -0.2) is 29.2 Å². The summed E-state index contributed by atoms with van der Waals surface area (Å²) in [6.45, 7) is 0. The average Bonchev–Trinajstić information content (AvgIpc) is 3.20. The number of amides is 1. The van der Waals surface area contributed by atoms with E-state index >= 15 is 0 Å². The van der Waals surface area contributed by atoms with Crippen molar-refractivity contribution in [2.24, 2.45) is 0 Å². The van der Waals surface area contributed by atoms with E-state index in [1.807, 2.05) is 0 Å². The van der Waals surface area contributed by atoms with Crippen LogP contribution in [0.25, 0.3) is 11.3 Å². The Labute approximate surface area is 186 Å². The van der Waals surface area contributed by atoms with E-state index in [9.17, 15) is 9.59 Å². The third-order valence-corrected chi connectivity index (χ3v) is 4.99. The van der Waals surface area contributed by atoms with Crippen molar-refractivity contribution < 1.29 is 23.8 Å². The summed E-state index contributed by atoms with van der Waals surface area (Å²) >= 11 is 17.3. The highest BCUT2D eigenvalue weighted by Crippen LogP contribution is 2.34. The van der Waals surface area contributed by atoms with Crippen molar-refractivity contribution in [1.29, 1.82) is 0 Å². The van der Waals surface area contributed by atoms with Gasteiger partial charge >= 0.3 is 5.97 Å². The monoisotopic (exact) mass is 464 g/mol. The fourth-order valence-electron chi connectivity index (χ4n) is 2.56. The van der Waals surface area contributed by atoms with Gasteiger partial charge in [0.15, 0.2) is 10.9 Å². The van der Waals surface area contributed by atoms with Crippen LogP contribution < -0.4 is 15.4 Å². The molecule has 0 aliphatic heterocycles. The van der Waals surface area contributed by atoms with Crippen LogP contribution in [0.2, 0.25) is 10.0 Å². The summed E-state index contributed by atoms with van der Waals surface area (Å²) in [5.41, 5.74) is 0.856. The second-order valence-electron chi connectivity index (χ2n) is 5.89. The first-order chi connectivity index (χ1) is 14.3. The highest BCUT2D eigenvalue weighted by atomic mass is 35.5. The number of rotatable bonds is 5. The van der Waals surface area contributed by atoms with Crippen LogP contribution in [-0.2, 0) is 0 Å². The number of hydrogen-bond acceptors (Lipinski definition) is 5. The SMILES string of the molecule is COc1ccc(C(=O)O)cc1NC(=S)NC(=O)c1ccc(-c2cccc(Cl)c2Cl)o1. The summed E-state index contributed by atoms with van der Waals surface area (Å²) in [6.07, 6.45) is 0. The fraction of sp³-hybridized carbons (Fsp3) is 0.0500. The second-order valence-corrected chi connectivity index (χ2v) is 7.09. The Hall–Kier alpha value is -3.07. The number of thiocarbonyl (C=S) groups is 1. The molecule has 0 unspecified atom stereocenters. The van der Waals surface area contributed by atoms with Crippen molar-refractivity contribution in [2.45, 2.75) is 0 Å². The molecule has 3 rings (SSSR count). The molecule has 10 heteroatoms. The molecule has 1 heterocycles. The Kier molecular flexibility index (Phi) is 6.61. The lowest BCUT2D eigenvalue weighted by Crippen LogP contribution is -2.34. The van der Waals surface area contributed by atoms with Gasteiger partial charge in [-0.3, -0.25) is 10.1 Å². The van der Waals surface area contributed by atoms with E-state index in [4.69, 9.17) is 49.7 Å². The Bertz CT molecular complexity index is 1150. The number of furan rings is 1. The van der Waals surface area contributed by atoms with Crippen LogP contribution in [0, 0.1) is 0 Å². The van der Waals surface area contributed by atoms with E-state index in [2.05, 4.69) is 10.6 Å². The van der Waals surface area contributed by atoms with Crippen molar-refractivity contribution in [3.05, 3.63) is 69.9 Å². The predicted molar refractivity (Wildman–Crippen MR) is 118 cm³/mol. The third kappa shape index (κ3) is 4.73. The molecule has 7 nitrogen and oxygen atoms in total. The van der Waals surface area contributed by atoms with E-state index < -0.39 is 11.9 Å². The number of hydrogen-bond donors (Lipinski definition) is 3. The molecule has 1 amide bonds. The molecule has 0 radical (unpaired) electrons. The number of carbonyl (C=O) groups is 2. The lowest BCUT2D eigenvalue weighted by molar-refractivity contribution is 0.0696. The van der Waals surface area contributed by atoms with Gasteiger partial charge in [0.2, 0.25) is 0 Å². The van der Waals surface area contributed by atoms with Gasteiger partial charge in [-0.2, -0.15) is 0 Å². The quantitative estimate of drug-likeness (QED) is 0.452. The molecule has 0 saturated heterocycles. The summed E-state index contributed by atoms with van der Waals surface area (Å²) in [5, 5.41) is 14.9. The minimum absolute atomic E-state index is 0.00329. The summed E-state index contributed by atoms with van der Waals surface area (Å²) in [4.78, 5) is 23.6. The number of aromatic carboxylic acids is 1. The lowest BCUT2D eigenvalue weighted by Gasteiger charge is -2.13. The molecular formula is C20H14Cl2N2O5S. The van der Waals surface area contributed by atoms with Crippen LogP contribution in [0.4, 0.5) is 5.69 Å². The Morgan fingerprint density at radius 1 is 1.13 bits per heavy atom.